The largest absolute Gasteiger partial charge is 0.298 e. The van der Waals surface area contributed by atoms with Gasteiger partial charge in [0.05, 0.1) is 11.6 Å². The molecule has 1 aliphatic rings. The number of nitriles is 2. The van der Waals surface area contributed by atoms with Crippen LogP contribution in [0.15, 0.2) is 18.2 Å². The molecule has 86 valence electrons. The van der Waals surface area contributed by atoms with Gasteiger partial charge in [0.1, 0.15) is 17.9 Å². The molecule has 0 spiro atoms. The lowest BCUT2D eigenvalue weighted by Gasteiger charge is -2.11. The Morgan fingerprint density at radius 3 is 2.76 bits per heavy atom. The fourth-order valence-corrected chi connectivity index (χ4v) is 1.65. The first-order chi connectivity index (χ1) is 8.24. The Morgan fingerprint density at radius 2 is 2.18 bits per heavy atom. The molecule has 0 bridgehead atoms. The van der Waals surface area contributed by atoms with Gasteiger partial charge in [-0.25, -0.2) is 4.39 Å². The van der Waals surface area contributed by atoms with Crippen LogP contribution < -0.4 is 5.32 Å². The molecule has 17 heavy (non-hydrogen) atoms. The molecule has 1 atom stereocenters. The van der Waals surface area contributed by atoms with Crippen LogP contribution in [0.1, 0.15) is 30.0 Å². The minimum absolute atomic E-state index is 0.0176. The van der Waals surface area contributed by atoms with Crippen molar-refractivity contribution < 1.29 is 4.39 Å². The van der Waals surface area contributed by atoms with Crippen LogP contribution in [0.4, 0.5) is 4.39 Å². The van der Waals surface area contributed by atoms with Crippen molar-refractivity contribution in [3.63, 3.8) is 0 Å². The van der Waals surface area contributed by atoms with Crippen molar-refractivity contribution in [2.75, 3.05) is 6.54 Å². The van der Waals surface area contributed by atoms with Gasteiger partial charge >= 0.3 is 0 Å². The maximum Gasteiger partial charge on any atom is 0.140 e. The van der Waals surface area contributed by atoms with Gasteiger partial charge in [-0.15, -0.1) is 0 Å². The Kier molecular flexibility index (Phi) is 3.37. The predicted molar refractivity (Wildman–Crippen MR) is 60.2 cm³/mol. The quantitative estimate of drug-likeness (QED) is 0.861. The average molecular weight is 229 g/mol. The van der Waals surface area contributed by atoms with Gasteiger partial charge in [0.2, 0.25) is 0 Å². The molecule has 1 aromatic carbocycles. The minimum atomic E-state index is -0.546. The normalized spacial score (nSPS) is 15.9. The van der Waals surface area contributed by atoms with Gasteiger partial charge in [0, 0.05) is 0 Å². The van der Waals surface area contributed by atoms with Crippen molar-refractivity contribution in [3.05, 3.63) is 35.1 Å². The summed E-state index contributed by atoms with van der Waals surface area (Å²) in [6.07, 6.45) is 2.41. The Hall–Kier alpha value is -1.91. The second-order valence-corrected chi connectivity index (χ2v) is 4.26. The second-order valence-electron chi connectivity index (χ2n) is 4.26. The highest BCUT2D eigenvalue weighted by atomic mass is 19.1. The number of nitrogens with zero attached hydrogens (tertiary/aromatic N) is 2. The van der Waals surface area contributed by atoms with Crippen molar-refractivity contribution in [1.29, 1.82) is 10.5 Å². The summed E-state index contributed by atoms with van der Waals surface area (Å²) in [7, 11) is 0. The molecule has 1 fully saturated rings. The lowest BCUT2D eigenvalue weighted by atomic mass is 10.0. The third-order valence-electron chi connectivity index (χ3n) is 2.88. The zero-order chi connectivity index (χ0) is 12.3. The SMILES string of the molecule is N#Cc1cc(C(C#N)NCC2CC2)ccc1F. The number of halogens is 1. The van der Waals surface area contributed by atoms with Crippen LogP contribution in [0.25, 0.3) is 0 Å². The summed E-state index contributed by atoms with van der Waals surface area (Å²) in [5.41, 5.74) is 0.627. The first-order valence-corrected chi connectivity index (χ1v) is 5.57. The summed E-state index contributed by atoms with van der Waals surface area (Å²) in [4.78, 5) is 0. The molecule has 4 heteroatoms. The minimum Gasteiger partial charge on any atom is -0.298 e. The zero-order valence-corrected chi connectivity index (χ0v) is 9.28. The third-order valence-corrected chi connectivity index (χ3v) is 2.88. The van der Waals surface area contributed by atoms with E-state index in [1.807, 2.05) is 0 Å². The van der Waals surface area contributed by atoms with E-state index in [9.17, 15) is 4.39 Å². The van der Waals surface area contributed by atoms with Crippen LogP contribution in [0, 0.1) is 34.4 Å². The predicted octanol–water partition coefficient (Wildman–Crippen LogP) is 2.26. The smallest absolute Gasteiger partial charge is 0.140 e. The van der Waals surface area contributed by atoms with Gasteiger partial charge in [-0.05, 0) is 43.0 Å². The highest BCUT2D eigenvalue weighted by Gasteiger charge is 2.22. The van der Waals surface area contributed by atoms with Crippen LogP contribution in [0.5, 0.6) is 0 Å². The van der Waals surface area contributed by atoms with Crippen LogP contribution in [0.3, 0.4) is 0 Å². The molecule has 0 aromatic heterocycles. The molecule has 0 saturated heterocycles. The fourth-order valence-electron chi connectivity index (χ4n) is 1.65. The monoisotopic (exact) mass is 229 g/mol. The molecular weight excluding hydrogens is 217 g/mol. The van der Waals surface area contributed by atoms with Crippen LogP contribution >= 0.6 is 0 Å². The van der Waals surface area contributed by atoms with E-state index in [1.165, 1.54) is 25.0 Å². The molecule has 3 nitrogen and oxygen atoms in total. The molecule has 0 amide bonds. The second kappa shape index (κ2) is 4.95. The van der Waals surface area contributed by atoms with Crippen molar-refractivity contribution in [2.24, 2.45) is 5.92 Å². The molecule has 0 aliphatic heterocycles. The van der Waals surface area contributed by atoms with Crippen molar-refractivity contribution in [3.8, 4) is 12.1 Å². The molecule has 0 radical (unpaired) electrons. The lowest BCUT2D eigenvalue weighted by molar-refractivity contribution is 0.588. The highest BCUT2D eigenvalue weighted by Crippen LogP contribution is 2.28. The van der Waals surface area contributed by atoms with E-state index in [1.54, 1.807) is 12.1 Å². The lowest BCUT2D eigenvalue weighted by Crippen LogP contribution is -2.22. The number of rotatable bonds is 4. The summed E-state index contributed by atoms with van der Waals surface area (Å²) in [6.45, 7) is 0.803. The Morgan fingerprint density at radius 1 is 1.41 bits per heavy atom. The standard InChI is InChI=1S/C13H12FN3/c14-12-4-3-10(5-11(12)6-15)13(7-16)17-8-9-1-2-9/h3-5,9,13,17H,1-2,8H2. The van der Waals surface area contributed by atoms with E-state index in [0.717, 1.165) is 6.54 Å². The van der Waals surface area contributed by atoms with Gasteiger partial charge in [0.25, 0.3) is 0 Å². The summed E-state index contributed by atoms with van der Waals surface area (Å²) in [6, 6.07) is 7.65. The molecule has 2 rings (SSSR count). The van der Waals surface area contributed by atoms with E-state index in [-0.39, 0.29) is 5.56 Å². The summed E-state index contributed by atoms with van der Waals surface area (Å²) in [5.74, 6) is 0.122. The number of benzene rings is 1. The molecule has 1 aliphatic carbocycles. The topological polar surface area (TPSA) is 59.6 Å². The number of hydrogen-bond donors (Lipinski definition) is 1. The molecule has 1 aromatic rings. The summed E-state index contributed by atoms with van der Waals surface area (Å²) < 4.78 is 13.1. The van der Waals surface area contributed by atoms with Crippen molar-refractivity contribution in [1.82, 2.24) is 5.32 Å². The molecular formula is C13H12FN3. The molecule has 1 N–H and O–H groups in total. The van der Waals surface area contributed by atoms with Gasteiger partial charge in [0.15, 0.2) is 0 Å². The summed E-state index contributed by atoms with van der Waals surface area (Å²) >= 11 is 0. The highest BCUT2D eigenvalue weighted by molar-refractivity contribution is 5.37. The molecule has 1 unspecified atom stereocenters. The van der Waals surface area contributed by atoms with Crippen LogP contribution in [-0.4, -0.2) is 6.54 Å². The van der Waals surface area contributed by atoms with E-state index in [2.05, 4.69) is 11.4 Å². The summed E-state index contributed by atoms with van der Waals surface area (Å²) in [5, 5.41) is 20.9. The Bertz CT molecular complexity index is 494. The fraction of sp³-hybridized carbons (Fsp3) is 0.385. The number of nitrogens with one attached hydrogen (secondary N) is 1. The van der Waals surface area contributed by atoms with E-state index >= 15 is 0 Å². The Balaban J connectivity index is 2.13. The van der Waals surface area contributed by atoms with E-state index in [4.69, 9.17) is 10.5 Å². The Labute approximate surface area is 99.5 Å². The first kappa shape index (κ1) is 11.6. The van der Waals surface area contributed by atoms with Gasteiger partial charge < -0.3 is 0 Å². The third kappa shape index (κ3) is 2.81. The molecule has 1 saturated carbocycles. The average Bonchev–Trinajstić information content (AvgIpc) is 3.15. The maximum atomic E-state index is 13.1. The zero-order valence-electron chi connectivity index (χ0n) is 9.28. The maximum absolute atomic E-state index is 13.1. The van der Waals surface area contributed by atoms with Gasteiger partial charge in [-0.2, -0.15) is 10.5 Å². The van der Waals surface area contributed by atoms with Crippen LogP contribution in [-0.2, 0) is 0 Å². The molecule has 0 heterocycles. The van der Waals surface area contributed by atoms with E-state index < -0.39 is 11.9 Å². The number of hydrogen-bond acceptors (Lipinski definition) is 3. The first-order valence-electron chi connectivity index (χ1n) is 5.57. The van der Waals surface area contributed by atoms with Crippen molar-refractivity contribution >= 4 is 0 Å². The van der Waals surface area contributed by atoms with E-state index in [0.29, 0.717) is 11.5 Å². The van der Waals surface area contributed by atoms with Gasteiger partial charge in [-0.1, -0.05) is 6.07 Å². The van der Waals surface area contributed by atoms with Crippen molar-refractivity contribution in [2.45, 2.75) is 18.9 Å². The van der Waals surface area contributed by atoms with Crippen LogP contribution in [0.2, 0.25) is 0 Å². The van der Waals surface area contributed by atoms with Gasteiger partial charge in [-0.3, -0.25) is 5.32 Å².